The fourth-order valence-corrected chi connectivity index (χ4v) is 2.00. The zero-order valence-corrected chi connectivity index (χ0v) is 10.0. The third kappa shape index (κ3) is 2.95. The van der Waals surface area contributed by atoms with Gasteiger partial charge in [-0.1, -0.05) is 48.5 Å². The zero-order chi connectivity index (χ0) is 12.8. The van der Waals surface area contributed by atoms with Crippen molar-refractivity contribution in [3.8, 4) is 6.07 Å². The molecule has 0 N–H and O–H groups in total. The van der Waals surface area contributed by atoms with Crippen LogP contribution in [0.1, 0.15) is 23.5 Å². The average molecular weight is 239 g/mol. The highest BCUT2D eigenvalue weighted by Crippen LogP contribution is 2.23. The molecule has 0 aliphatic heterocycles. The third-order valence-corrected chi connectivity index (χ3v) is 3.00. The van der Waals surface area contributed by atoms with Gasteiger partial charge in [-0.15, -0.1) is 0 Å². The molecule has 0 saturated carbocycles. The lowest BCUT2D eigenvalue weighted by Gasteiger charge is -2.10. The Morgan fingerprint density at radius 1 is 1.00 bits per heavy atom. The van der Waals surface area contributed by atoms with Gasteiger partial charge in [0.05, 0.1) is 12.0 Å². The van der Waals surface area contributed by atoms with Gasteiger partial charge >= 0.3 is 0 Å². The minimum Gasteiger partial charge on any atom is -0.207 e. The number of aryl methyl sites for hydroxylation is 1. The first-order valence-electron chi connectivity index (χ1n) is 5.99. The summed E-state index contributed by atoms with van der Waals surface area (Å²) in [5.41, 5.74) is 1.67. The van der Waals surface area contributed by atoms with Crippen LogP contribution in [-0.4, -0.2) is 0 Å². The Balaban J connectivity index is 2.08. The van der Waals surface area contributed by atoms with Crippen LogP contribution in [0.4, 0.5) is 4.39 Å². The van der Waals surface area contributed by atoms with Crippen molar-refractivity contribution in [3.63, 3.8) is 0 Å². The summed E-state index contributed by atoms with van der Waals surface area (Å²) in [7, 11) is 0. The Hall–Kier alpha value is -2.14. The van der Waals surface area contributed by atoms with Gasteiger partial charge in [0.15, 0.2) is 0 Å². The molecule has 0 amide bonds. The summed E-state index contributed by atoms with van der Waals surface area (Å²) in [6, 6.07) is 18.6. The van der Waals surface area contributed by atoms with Crippen LogP contribution in [0.2, 0.25) is 0 Å². The predicted molar refractivity (Wildman–Crippen MR) is 69.5 cm³/mol. The minimum atomic E-state index is -0.383. The number of nitriles is 1. The van der Waals surface area contributed by atoms with E-state index in [1.54, 1.807) is 18.2 Å². The van der Waals surface area contributed by atoms with Crippen molar-refractivity contribution in [2.75, 3.05) is 0 Å². The molecule has 0 bridgehead atoms. The maximum Gasteiger partial charge on any atom is 0.127 e. The van der Waals surface area contributed by atoms with E-state index in [9.17, 15) is 4.39 Å². The summed E-state index contributed by atoms with van der Waals surface area (Å²) in [6.45, 7) is 0. The highest BCUT2D eigenvalue weighted by molar-refractivity contribution is 5.27. The smallest absolute Gasteiger partial charge is 0.127 e. The number of rotatable bonds is 4. The molecule has 0 heterocycles. The van der Waals surface area contributed by atoms with Crippen molar-refractivity contribution in [1.29, 1.82) is 5.26 Å². The molecule has 1 unspecified atom stereocenters. The van der Waals surface area contributed by atoms with Crippen LogP contribution in [-0.2, 0) is 6.42 Å². The molecule has 2 heteroatoms. The molecule has 90 valence electrons. The first kappa shape index (κ1) is 12.3. The third-order valence-electron chi connectivity index (χ3n) is 3.00. The molecule has 0 aliphatic rings. The van der Waals surface area contributed by atoms with Gasteiger partial charge < -0.3 is 0 Å². The second-order valence-corrected chi connectivity index (χ2v) is 4.23. The molecule has 18 heavy (non-hydrogen) atoms. The van der Waals surface area contributed by atoms with Gasteiger partial charge in [-0.05, 0) is 24.5 Å². The van der Waals surface area contributed by atoms with Gasteiger partial charge in [-0.3, -0.25) is 0 Å². The molecule has 0 aromatic heterocycles. The van der Waals surface area contributed by atoms with Crippen molar-refractivity contribution in [3.05, 3.63) is 71.5 Å². The highest BCUT2D eigenvalue weighted by atomic mass is 19.1. The molecule has 2 aromatic carbocycles. The lowest BCUT2D eigenvalue weighted by molar-refractivity contribution is 0.592. The first-order valence-corrected chi connectivity index (χ1v) is 5.99. The van der Waals surface area contributed by atoms with Crippen LogP contribution in [0, 0.1) is 17.1 Å². The molecule has 1 nitrogen and oxygen atoms in total. The van der Waals surface area contributed by atoms with Gasteiger partial charge in [0.2, 0.25) is 0 Å². The Labute approximate surface area is 107 Å². The Bertz CT molecular complexity index is 543. The van der Waals surface area contributed by atoms with Crippen molar-refractivity contribution < 1.29 is 4.39 Å². The van der Waals surface area contributed by atoms with Gasteiger partial charge in [0, 0.05) is 5.56 Å². The maximum absolute atomic E-state index is 13.6. The molecule has 2 aromatic rings. The van der Waals surface area contributed by atoms with E-state index in [1.165, 1.54) is 11.6 Å². The highest BCUT2D eigenvalue weighted by Gasteiger charge is 2.14. The van der Waals surface area contributed by atoms with E-state index in [-0.39, 0.29) is 11.7 Å². The molecule has 1 atom stereocenters. The minimum absolute atomic E-state index is 0.294. The van der Waals surface area contributed by atoms with Crippen molar-refractivity contribution in [1.82, 2.24) is 0 Å². The van der Waals surface area contributed by atoms with E-state index < -0.39 is 0 Å². The second-order valence-electron chi connectivity index (χ2n) is 4.23. The molecule has 0 spiro atoms. The van der Waals surface area contributed by atoms with Crippen molar-refractivity contribution in [2.45, 2.75) is 18.8 Å². The van der Waals surface area contributed by atoms with Crippen LogP contribution in [0.25, 0.3) is 0 Å². The zero-order valence-electron chi connectivity index (χ0n) is 10.0. The van der Waals surface area contributed by atoms with Gasteiger partial charge in [-0.25, -0.2) is 4.39 Å². The van der Waals surface area contributed by atoms with Crippen LogP contribution in [0.5, 0.6) is 0 Å². The topological polar surface area (TPSA) is 23.8 Å². The Kier molecular flexibility index (Phi) is 4.09. The first-order chi connectivity index (χ1) is 8.81. The van der Waals surface area contributed by atoms with Crippen LogP contribution in [0.15, 0.2) is 54.6 Å². The maximum atomic E-state index is 13.6. The second kappa shape index (κ2) is 5.97. The number of hydrogen-bond acceptors (Lipinski definition) is 1. The summed E-state index contributed by atoms with van der Waals surface area (Å²) in [5.74, 6) is -0.677. The van der Waals surface area contributed by atoms with Crippen LogP contribution >= 0.6 is 0 Å². The molecular weight excluding hydrogens is 225 g/mol. The summed E-state index contributed by atoms with van der Waals surface area (Å²) in [4.78, 5) is 0. The lowest BCUT2D eigenvalue weighted by atomic mass is 9.93. The number of benzene rings is 2. The average Bonchev–Trinajstić information content (AvgIpc) is 2.42. The number of nitrogens with zero attached hydrogens (tertiary/aromatic N) is 1. The van der Waals surface area contributed by atoms with E-state index in [4.69, 9.17) is 5.26 Å². The number of halogens is 1. The molecule has 0 aliphatic carbocycles. The quantitative estimate of drug-likeness (QED) is 0.789. The molecule has 0 radical (unpaired) electrons. The normalized spacial score (nSPS) is 11.8. The van der Waals surface area contributed by atoms with Gasteiger partial charge in [0.25, 0.3) is 0 Å². The summed E-state index contributed by atoms with van der Waals surface area (Å²) >= 11 is 0. The van der Waals surface area contributed by atoms with Crippen LogP contribution in [0.3, 0.4) is 0 Å². The van der Waals surface area contributed by atoms with Gasteiger partial charge in [0.1, 0.15) is 5.82 Å². The van der Waals surface area contributed by atoms with Crippen molar-refractivity contribution in [2.24, 2.45) is 0 Å². The van der Waals surface area contributed by atoms with Crippen molar-refractivity contribution >= 4 is 0 Å². The van der Waals surface area contributed by atoms with E-state index in [0.29, 0.717) is 12.0 Å². The molecule has 0 fully saturated rings. The standard InChI is InChI=1S/C16H14FN/c17-16-9-5-4-8-15(16)14(12-18)11-10-13-6-2-1-3-7-13/h1-9,14H,10-11H2. The lowest BCUT2D eigenvalue weighted by Crippen LogP contribution is -2.01. The Morgan fingerprint density at radius 3 is 2.33 bits per heavy atom. The fourth-order valence-electron chi connectivity index (χ4n) is 2.00. The summed E-state index contributed by atoms with van der Waals surface area (Å²) < 4.78 is 13.6. The predicted octanol–water partition coefficient (Wildman–Crippen LogP) is 4.07. The van der Waals surface area contributed by atoms with E-state index >= 15 is 0 Å². The SMILES string of the molecule is N#CC(CCc1ccccc1)c1ccccc1F. The van der Waals surface area contributed by atoms with Gasteiger partial charge in [-0.2, -0.15) is 5.26 Å². The number of hydrogen-bond donors (Lipinski definition) is 0. The fraction of sp³-hybridized carbons (Fsp3) is 0.188. The monoisotopic (exact) mass is 239 g/mol. The summed E-state index contributed by atoms with van der Waals surface area (Å²) in [6.07, 6.45) is 1.43. The van der Waals surface area contributed by atoms with Crippen LogP contribution < -0.4 is 0 Å². The largest absolute Gasteiger partial charge is 0.207 e. The van der Waals surface area contributed by atoms with E-state index in [2.05, 4.69) is 6.07 Å². The Morgan fingerprint density at radius 2 is 1.67 bits per heavy atom. The van der Waals surface area contributed by atoms with E-state index in [0.717, 1.165) is 6.42 Å². The molecule has 2 rings (SSSR count). The molecule has 0 saturated heterocycles. The summed E-state index contributed by atoms with van der Waals surface area (Å²) in [5, 5.41) is 9.17. The van der Waals surface area contributed by atoms with E-state index in [1.807, 2.05) is 30.3 Å². The molecular formula is C16H14FN.